The number of benzene rings is 17. The Kier molecular flexibility index (Phi) is 29.0. The Hall–Kier alpha value is -16.3. The molecule has 22 aromatic rings. The molecule has 724 valence electrons. The standard InChI is InChI=1S/C48H35N3.C37H27BrN2.C22H14Br2N2.C15H15BO2.C11H10BNO2/c1-48(2)42-18-10-9-17-40(42)41-25-24-36(30-43(41)48)38-27-37(32-20-22-35(23-21-32)44-19-11-12-26-49-44)28-39(29-38)47-50-45(33-13-5-3-6-14-33)31-46(51-47)34-15-7-4-8-16-34;1-37(2)32-16-10-9-15-30(32)31-18-17-26(22-33(31)37)27-19-28(21-29(38)20-27)36-39-34(24-11-5-3-6-12-24)23-35(40-36)25-13-7-4-8-14-25;23-18-11-17(12-19(24)13-18)22-25-20(15-7-3-1-4-8-15)14-21(26-22)16-9-5-2-6-10-16;1-15(2)13-6-4-3-5-11(13)12-8-7-10(16(17)18)9-14(12)15;14-12(15)10-6-4-9(5-7-10)11-3-1-2-8-13-11/h3-31H,1-2H3;3-23H,1-2H3;1-14H;3-9,17-18H,1-2H3;1-8,14-15H. The fourth-order valence-electron chi connectivity index (χ4n) is 20.3. The lowest BCUT2D eigenvalue weighted by Gasteiger charge is -2.22. The molecule has 0 aliphatic heterocycles. The second kappa shape index (κ2) is 43.6. The van der Waals surface area contributed by atoms with E-state index in [0.29, 0.717) is 28.4 Å². The molecule has 150 heavy (non-hydrogen) atoms. The summed E-state index contributed by atoms with van der Waals surface area (Å²) in [5.41, 5.74) is 41.9. The molecule has 3 aliphatic carbocycles. The second-order valence-electron chi connectivity index (χ2n) is 39.0. The number of fused-ring (bicyclic) bond motifs is 9. The van der Waals surface area contributed by atoms with E-state index in [2.05, 4.69) is 366 Å². The van der Waals surface area contributed by atoms with Crippen molar-refractivity contribution in [1.29, 1.82) is 0 Å². The Labute approximate surface area is 900 Å². The van der Waals surface area contributed by atoms with E-state index >= 15 is 0 Å². The predicted molar refractivity (Wildman–Crippen MR) is 626 cm³/mol. The molecule has 12 nitrogen and oxygen atoms in total. The third-order valence-corrected chi connectivity index (χ3v) is 29.5. The van der Waals surface area contributed by atoms with Crippen molar-refractivity contribution in [3.8, 4) is 191 Å². The van der Waals surface area contributed by atoms with E-state index in [9.17, 15) is 10.0 Å². The van der Waals surface area contributed by atoms with E-state index < -0.39 is 14.2 Å². The van der Waals surface area contributed by atoms with Crippen molar-refractivity contribution >= 4 is 73.0 Å². The van der Waals surface area contributed by atoms with Gasteiger partial charge in [0.05, 0.1) is 45.6 Å². The number of aromatic nitrogens is 8. The number of hydrogen-bond donors (Lipinski definition) is 4. The molecule has 25 rings (SSSR count). The van der Waals surface area contributed by atoms with Gasteiger partial charge >= 0.3 is 14.2 Å². The van der Waals surface area contributed by atoms with E-state index in [0.717, 1.165) is 148 Å². The number of nitrogens with zero attached hydrogens (tertiary/aromatic N) is 8. The predicted octanol–water partition coefficient (Wildman–Crippen LogP) is 31.5. The fraction of sp³-hybridized carbons (Fsp3) is 0.0677. The average Bonchev–Trinajstić information content (AvgIpc) is 1.59. The molecule has 17 aromatic carbocycles. The van der Waals surface area contributed by atoms with Crippen LogP contribution in [0.5, 0.6) is 0 Å². The highest BCUT2D eigenvalue weighted by Crippen LogP contribution is 2.53. The Morgan fingerprint density at radius 2 is 0.407 bits per heavy atom. The van der Waals surface area contributed by atoms with E-state index in [4.69, 9.17) is 40.0 Å². The van der Waals surface area contributed by atoms with Crippen LogP contribution < -0.4 is 10.9 Å². The van der Waals surface area contributed by atoms with Crippen molar-refractivity contribution in [2.45, 2.75) is 57.8 Å². The van der Waals surface area contributed by atoms with Gasteiger partial charge in [-0.3, -0.25) is 9.97 Å². The molecule has 3 aliphatic rings. The molecule has 0 atom stereocenters. The van der Waals surface area contributed by atoms with Crippen molar-refractivity contribution in [3.63, 3.8) is 0 Å². The molecule has 0 saturated heterocycles. The van der Waals surface area contributed by atoms with Crippen LogP contribution in [0.4, 0.5) is 0 Å². The molecule has 0 fully saturated rings. The summed E-state index contributed by atoms with van der Waals surface area (Å²) >= 11 is 10.9. The molecular weight excluding hydrogens is 2030 g/mol. The first kappa shape index (κ1) is 99.7. The van der Waals surface area contributed by atoms with Crippen molar-refractivity contribution in [2.24, 2.45) is 0 Å². The van der Waals surface area contributed by atoms with Gasteiger partial charge < -0.3 is 20.1 Å². The largest absolute Gasteiger partial charge is 0.488 e. The molecule has 0 bridgehead atoms. The van der Waals surface area contributed by atoms with Crippen LogP contribution in [0, 0.1) is 0 Å². The maximum atomic E-state index is 9.30. The van der Waals surface area contributed by atoms with Crippen molar-refractivity contribution in [1.82, 2.24) is 39.9 Å². The van der Waals surface area contributed by atoms with Crippen LogP contribution in [-0.2, 0) is 16.2 Å². The maximum absolute atomic E-state index is 9.30. The number of pyridine rings is 2. The van der Waals surface area contributed by atoms with E-state index in [1.165, 1.54) is 72.3 Å². The summed E-state index contributed by atoms with van der Waals surface area (Å²) in [7, 11) is -2.82. The first-order valence-electron chi connectivity index (χ1n) is 49.9. The van der Waals surface area contributed by atoms with Crippen molar-refractivity contribution < 1.29 is 20.1 Å². The summed E-state index contributed by atoms with van der Waals surface area (Å²) in [6.07, 6.45) is 3.56. The van der Waals surface area contributed by atoms with Gasteiger partial charge in [0, 0.05) is 103 Å². The molecule has 0 radical (unpaired) electrons. The van der Waals surface area contributed by atoms with Crippen LogP contribution in [0.3, 0.4) is 0 Å². The first-order valence-corrected chi connectivity index (χ1v) is 52.3. The topological polar surface area (TPSA) is 184 Å². The normalized spacial score (nSPS) is 12.5. The molecule has 0 spiro atoms. The zero-order valence-corrected chi connectivity index (χ0v) is 88.0. The highest BCUT2D eigenvalue weighted by Gasteiger charge is 2.39. The third-order valence-electron chi connectivity index (χ3n) is 28.2. The fourth-order valence-corrected chi connectivity index (χ4v) is 22.1. The smallest absolute Gasteiger partial charge is 0.423 e. The summed E-state index contributed by atoms with van der Waals surface area (Å²) in [5, 5.41) is 36.4. The van der Waals surface area contributed by atoms with Crippen LogP contribution in [-0.4, -0.2) is 74.2 Å². The van der Waals surface area contributed by atoms with Gasteiger partial charge in [0.25, 0.3) is 0 Å². The highest BCUT2D eigenvalue weighted by atomic mass is 79.9. The number of rotatable bonds is 16. The Morgan fingerprint density at radius 3 is 0.740 bits per heavy atom. The van der Waals surface area contributed by atoms with Gasteiger partial charge in [-0.1, -0.05) is 447 Å². The monoisotopic (exact) mass is 2130 g/mol. The molecule has 5 heterocycles. The SMILES string of the molecule is Brc1cc(Br)cc(-c2nc(-c3ccccc3)cc(-c3ccccc3)n2)c1.CC1(C)c2ccccc2-c2ccc(-c3cc(-c4ccc(-c5ccccn5)cc4)cc(-c4nc(-c5ccccc5)cc(-c5ccccc5)n4)c3)cc21.CC1(C)c2ccccc2-c2ccc(-c3cc(Br)cc(-c4nc(-c5ccccc5)cc(-c5ccccc5)n4)c3)cc21.CC1(C)c2ccccc2-c2ccc(B(O)O)cc21.OB(O)c1ccc(-c2ccccn2)cc1. The minimum Gasteiger partial charge on any atom is -0.423 e. The van der Waals surface area contributed by atoms with Gasteiger partial charge in [-0.15, -0.1) is 0 Å². The zero-order chi connectivity index (χ0) is 103. The molecule has 17 heteroatoms. The quantitative estimate of drug-likeness (QED) is 0.0673. The van der Waals surface area contributed by atoms with Crippen LogP contribution >= 0.6 is 47.8 Å². The van der Waals surface area contributed by atoms with Crippen LogP contribution in [0.1, 0.15) is 74.9 Å². The lowest BCUT2D eigenvalue weighted by atomic mass is 9.75. The molecule has 5 aromatic heterocycles. The van der Waals surface area contributed by atoms with Crippen LogP contribution in [0.25, 0.3) is 191 Å². The van der Waals surface area contributed by atoms with E-state index in [-0.39, 0.29) is 16.2 Å². The minimum atomic E-state index is -1.41. The summed E-state index contributed by atoms with van der Waals surface area (Å²) in [5.74, 6) is 2.10. The van der Waals surface area contributed by atoms with Gasteiger partial charge in [-0.25, -0.2) is 29.9 Å². The third kappa shape index (κ3) is 21.5. The maximum Gasteiger partial charge on any atom is 0.488 e. The van der Waals surface area contributed by atoms with E-state index in [1.54, 1.807) is 24.4 Å². The molecular formula is C133H101B2Br3N8O4. The summed E-state index contributed by atoms with van der Waals surface area (Å²) in [6, 6.07) is 160. The van der Waals surface area contributed by atoms with Crippen LogP contribution in [0.15, 0.2) is 493 Å². The minimum absolute atomic E-state index is 0.0471. The van der Waals surface area contributed by atoms with Crippen molar-refractivity contribution in [3.05, 3.63) is 526 Å². The Morgan fingerprint density at radius 1 is 0.173 bits per heavy atom. The zero-order valence-electron chi connectivity index (χ0n) is 83.3. The molecule has 0 unspecified atom stereocenters. The lowest BCUT2D eigenvalue weighted by Crippen LogP contribution is -2.31. The highest BCUT2D eigenvalue weighted by molar-refractivity contribution is 9.11. The van der Waals surface area contributed by atoms with Gasteiger partial charge in [-0.2, -0.15) is 0 Å². The molecule has 4 N–H and O–H groups in total. The molecule has 0 saturated carbocycles. The lowest BCUT2D eigenvalue weighted by molar-refractivity contribution is 0.424. The van der Waals surface area contributed by atoms with Gasteiger partial charge in [0.2, 0.25) is 0 Å². The second-order valence-corrected chi connectivity index (χ2v) is 41.7. The Balaban J connectivity index is 0.000000117. The van der Waals surface area contributed by atoms with Gasteiger partial charge in [0.1, 0.15) is 0 Å². The number of halogens is 3. The summed E-state index contributed by atoms with van der Waals surface area (Å²) in [6.45, 7) is 13.7. The Bertz CT molecular complexity index is 8470. The summed E-state index contributed by atoms with van der Waals surface area (Å²) < 4.78 is 2.96. The van der Waals surface area contributed by atoms with Crippen molar-refractivity contribution in [2.75, 3.05) is 0 Å². The van der Waals surface area contributed by atoms with E-state index in [1.807, 2.05) is 188 Å². The number of hydrogen-bond acceptors (Lipinski definition) is 12. The summed E-state index contributed by atoms with van der Waals surface area (Å²) in [4.78, 5) is 38.9. The first-order chi connectivity index (χ1) is 73.0. The van der Waals surface area contributed by atoms with Crippen LogP contribution in [0.2, 0.25) is 0 Å². The molecule has 0 amide bonds. The average molecular weight is 2140 g/mol. The van der Waals surface area contributed by atoms with Gasteiger partial charge in [-0.05, 0) is 220 Å². The van der Waals surface area contributed by atoms with Gasteiger partial charge in [0.15, 0.2) is 17.5 Å².